The molecule has 6 heteroatoms. The van der Waals surface area contributed by atoms with Gasteiger partial charge in [0.2, 0.25) is 0 Å². The molecule has 6 nitrogen and oxygen atoms in total. The molecule has 19 heavy (non-hydrogen) atoms. The Hall–Kier alpha value is -0.690. The molecule has 2 atom stereocenters. The highest BCUT2D eigenvalue weighted by atomic mass is 16.5. The van der Waals surface area contributed by atoms with Crippen LogP contribution >= 0.6 is 0 Å². The molecule has 1 N–H and O–H groups in total. The average Bonchev–Trinajstić information content (AvgIpc) is 2.46. The minimum Gasteiger partial charge on any atom is -0.383 e. The monoisotopic (exact) mass is 271 g/mol. The summed E-state index contributed by atoms with van der Waals surface area (Å²) >= 11 is 0. The van der Waals surface area contributed by atoms with E-state index in [4.69, 9.17) is 9.47 Å². The molecule has 2 fully saturated rings. The molecule has 2 aliphatic rings. The predicted octanol–water partition coefficient (Wildman–Crippen LogP) is -0.846. The van der Waals surface area contributed by atoms with E-state index in [1.807, 2.05) is 4.90 Å². The summed E-state index contributed by atoms with van der Waals surface area (Å²) in [7, 11) is 1.72. The molecule has 0 aromatic carbocycles. The van der Waals surface area contributed by atoms with Crippen LogP contribution in [0, 0.1) is 0 Å². The Morgan fingerprint density at radius 3 is 2.95 bits per heavy atom. The van der Waals surface area contributed by atoms with E-state index in [2.05, 4.69) is 17.1 Å². The number of nitrogens with one attached hydrogen (secondary N) is 1. The van der Waals surface area contributed by atoms with Crippen LogP contribution in [-0.2, 0) is 14.3 Å². The van der Waals surface area contributed by atoms with Crippen LogP contribution in [0.2, 0.25) is 0 Å². The van der Waals surface area contributed by atoms with Gasteiger partial charge in [-0.15, -0.1) is 0 Å². The minimum atomic E-state index is -0.300. The number of carbonyl (C=O) groups excluding carboxylic acids is 1. The topological polar surface area (TPSA) is 54.0 Å². The van der Waals surface area contributed by atoms with Gasteiger partial charge in [-0.2, -0.15) is 0 Å². The summed E-state index contributed by atoms with van der Waals surface area (Å²) in [6, 6.07) is 0.379. The highest BCUT2D eigenvalue weighted by Crippen LogP contribution is 2.12. The second kappa shape index (κ2) is 7.19. The number of nitrogens with zero attached hydrogens (tertiary/aromatic N) is 2. The molecule has 2 rings (SSSR count). The average molecular weight is 271 g/mol. The van der Waals surface area contributed by atoms with Crippen molar-refractivity contribution in [2.45, 2.75) is 19.1 Å². The van der Waals surface area contributed by atoms with Crippen LogP contribution in [0.25, 0.3) is 0 Å². The Balaban J connectivity index is 1.81. The van der Waals surface area contributed by atoms with E-state index < -0.39 is 0 Å². The van der Waals surface area contributed by atoms with E-state index >= 15 is 0 Å². The van der Waals surface area contributed by atoms with Gasteiger partial charge in [-0.25, -0.2) is 0 Å². The van der Waals surface area contributed by atoms with Gasteiger partial charge in [-0.3, -0.25) is 9.69 Å². The number of amides is 1. The van der Waals surface area contributed by atoms with Crippen LogP contribution in [0.4, 0.5) is 0 Å². The van der Waals surface area contributed by atoms with Crippen LogP contribution in [0.3, 0.4) is 0 Å². The van der Waals surface area contributed by atoms with Crippen molar-refractivity contribution in [2.75, 3.05) is 59.6 Å². The summed E-state index contributed by atoms with van der Waals surface area (Å²) in [5, 5.41) is 3.20. The van der Waals surface area contributed by atoms with Gasteiger partial charge in [0.05, 0.1) is 13.2 Å². The fourth-order valence-electron chi connectivity index (χ4n) is 2.66. The number of hydrogen-bond donors (Lipinski definition) is 1. The number of piperazine rings is 1. The lowest BCUT2D eigenvalue weighted by Gasteiger charge is -2.41. The molecule has 2 unspecified atom stereocenters. The Kier molecular flexibility index (Phi) is 5.57. The molecular formula is C13H25N3O3. The van der Waals surface area contributed by atoms with Crippen LogP contribution in [0.1, 0.15) is 6.92 Å². The van der Waals surface area contributed by atoms with Gasteiger partial charge in [-0.05, 0) is 6.92 Å². The molecule has 2 saturated heterocycles. The molecule has 0 bridgehead atoms. The van der Waals surface area contributed by atoms with Crippen molar-refractivity contribution in [1.82, 2.24) is 15.1 Å². The quantitative estimate of drug-likeness (QED) is 0.722. The van der Waals surface area contributed by atoms with E-state index in [1.54, 1.807) is 7.11 Å². The first kappa shape index (κ1) is 14.7. The Morgan fingerprint density at radius 1 is 1.47 bits per heavy atom. The first-order valence-corrected chi connectivity index (χ1v) is 7.06. The third-order valence-corrected chi connectivity index (χ3v) is 3.86. The summed E-state index contributed by atoms with van der Waals surface area (Å²) in [6.45, 7) is 8.41. The van der Waals surface area contributed by atoms with Gasteiger partial charge in [0.1, 0.15) is 6.10 Å². The second-order valence-corrected chi connectivity index (χ2v) is 5.23. The molecule has 0 aromatic rings. The highest BCUT2D eigenvalue weighted by molar-refractivity contribution is 5.81. The minimum absolute atomic E-state index is 0.130. The highest BCUT2D eigenvalue weighted by Gasteiger charge is 2.31. The van der Waals surface area contributed by atoms with E-state index in [0.29, 0.717) is 19.2 Å². The van der Waals surface area contributed by atoms with E-state index in [9.17, 15) is 4.79 Å². The number of carbonyl (C=O) groups is 1. The van der Waals surface area contributed by atoms with Crippen molar-refractivity contribution < 1.29 is 14.3 Å². The Morgan fingerprint density at radius 2 is 2.32 bits per heavy atom. The molecular weight excluding hydrogens is 246 g/mol. The standard InChI is InChI=1S/C13H25N3O3/c1-11-10-16(5-4-15(11)6-8-18-2)13(17)12-9-14-3-7-19-12/h11-12,14H,3-10H2,1-2H3. The lowest BCUT2D eigenvalue weighted by molar-refractivity contribution is -0.148. The van der Waals surface area contributed by atoms with Crippen molar-refractivity contribution in [1.29, 1.82) is 0 Å². The first-order valence-electron chi connectivity index (χ1n) is 7.06. The summed E-state index contributed by atoms with van der Waals surface area (Å²) in [6.07, 6.45) is -0.300. The van der Waals surface area contributed by atoms with Crippen LogP contribution < -0.4 is 5.32 Å². The molecule has 0 spiro atoms. The molecule has 0 saturated carbocycles. The van der Waals surface area contributed by atoms with E-state index in [0.717, 1.165) is 39.3 Å². The second-order valence-electron chi connectivity index (χ2n) is 5.23. The summed E-state index contributed by atoms with van der Waals surface area (Å²) < 4.78 is 10.6. The SMILES string of the molecule is COCCN1CCN(C(=O)C2CNCCO2)CC1C. The third-order valence-electron chi connectivity index (χ3n) is 3.86. The summed E-state index contributed by atoms with van der Waals surface area (Å²) in [4.78, 5) is 16.6. The van der Waals surface area contributed by atoms with Gasteiger partial charge in [0.15, 0.2) is 0 Å². The number of morpholine rings is 1. The van der Waals surface area contributed by atoms with Gasteiger partial charge in [-0.1, -0.05) is 0 Å². The van der Waals surface area contributed by atoms with Crippen LogP contribution in [0.5, 0.6) is 0 Å². The predicted molar refractivity (Wildman–Crippen MR) is 72.1 cm³/mol. The molecule has 110 valence electrons. The van der Waals surface area contributed by atoms with E-state index in [-0.39, 0.29) is 12.0 Å². The number of rotatable bonds is 4. The van der Waals surface area contributed by atoms with Gasteiger partial charge >= 0.3 is 0 Å². The maximum Gasteiger partial charge on any atom is 0.253 e. The zero-order valence-electron chi connectivity index (χ0n) is 11.9. The smallest absolute Gasteiger partial charge is 0.253 e. The number of hydrogen-bond acceptors (Lipinski definition) is 5. The zero-order chi connectivity index (χ0) is 13.7. The van der Waals surface area contributed by atoms with Crippen molar-refractivity contribution in [3.8, 4) is 0 Å². The lowest BCUT2D eigenvalue weighted by atomic mass is 10.1. The molecule has 1 amide bonds. The van der Waals surface area contributed by atoms with Crippen molar-refractivity contribution >= 4 is 5.91 Å². The first-order chi connectivity index (χ1) is 9.22. The van der Waals surface area contributed by atoms with Crippen molar-refractivity contribution in [3.05, 3.63) is 0 Å². The van der Waals surface area contributed by atoms with Crippen molar-refractivity contribution in [3.63, 3.8) is 0 Å². The van der Waals surface area contributed by atoms with Gasteiger partial charge in [0.25, 0.3) is 5.91 Å². The zero-order valence-corrected chi connectivity index (χ0v) is 11.9. The molecule has 0 aliphatic carbocycles. The fraction of sp³-hybridized carbons (Fsp3) is 0.923. The maximum atomic E-state index is 12.3. The lowest BCUT2D eigenvalue weighted by Crippen LogP contribution is -2.58. The molecule has 0 aromatic heterocycles. The van der Waals surface area contributed by atoms with Gasteiger partial charge in [0, 0.05) is 52.4 Å². The molecule has 0 radical (unpaired) electrons. The van der Waals surface area contributed by atoms with Crippen LogP contribution in [-0.4, -0.2) is 87.4 Å². The Bertz CT molecular complexity index is 295. The van der Waals surface area contributed by atoms with Gasteiger partial charge < -0.3 is 19.7 Å². The maximum absolute atomic E-state index is 12.3. The summed E-state index contributed by atoms with van der Waals surface area (Å²) in [5.41, 5.74) is 0. The fourth-order valence-corrected chi connectivity index (χ4v) is 2.66. The third kappa shape index (κ3) is 3.89. The Labute approximate surface area is 115 Å². The number of ether oxygens (including phenoxy) is 2. The van der Waals surface area contributed by atoms with Crippen LogP contribution in [0.15, 0.2) is 0 Å². The summed E-state index contributed by atoms with van der Waals surface area (Å²) in [5.74, 6) is 0.130. The normalized spacial score (nSPS) is 29.5. The molecule has 2 heterocycles. The number of methoxy groups -OCH3 is 1. The van der Waals surface area contributed by atoms with Crippen molar-refractivity contribution in [2.24, 2.45) is 0 Å². The van der Waals surface area contributed by atoms with E-state index in [1.165, 1.54) is 0 Å². The molecule has 2 aliphatic heterocycles. The largest absolute Gasteiger partial charge is 0.383 e.